The van der Waals surface area contributed by atoms with Gasteiger partial charge in [-0.15, -0.1) is 0 Å². The number of rotatable bonds is 7. The van der Waals surface area contributed by atoms with Crippen molar-refractivity contribution in [3.8, 4) is 11.6 Å². The number of carboxylic acids is 1. The summed E-state index contributed by atoms with van der Waals surface area (Å²) in [5.41, 5.74) is 0.870. The molecule has 0 amide bonds. The van der Waals surface area contributed by atoms with E-state index >= 15 is 0 Å². The molecule has 5 nitrogen and oxygen atoms in total. The molecular weight excluding hydrogens is 270 g/mol. The van der Waals surface area contributed by atoms with Crippen LogP contribution in [0.4, 0.5) is 0 Å². The van der Waals surface area contributed by atoms with Crippen LogP contribution in [0.1, 0.15) is 23.0 Å². The third kappa shape index (κ3) is 4.49. The van der Waals surface area contributed by atoms with E-state index < -0.39 is 5.97 Å². The SMILES string of the molecule is CCc1cc(C(=O)O)cc(OCCOc2ccccc2)n1. The summed E-state index contributed by atoms with van der Waals surface area (Å²) in [6.45, 7) is 2.58. The minimum Gasteiger partial charge on any atom is -0.490 e. The Morgan fingerprint density at radius 3 is 2.52 bits per heavy atom. The third-order valence-corrected chi connectivity index (χ3v) is 2.81. The van der Waals surface area contributed by atoms with Gasteiger partial charge in [0, 0.05) is 11.8 Å². The van der Waals surface area contributed by atoms with Crippen LogP contribution in [0.5, 0.6) is 11.6 Å². The average Bonchev–Trinajstić information content (AvgIpc) is 2.52. The summed E-state index contributed by atoms with van der Waals surface area (Å²) in [6, 6.07) is 12.4. The van der Waals surface area contributed by atoms with Gasteiger partial charge in [-0.2, -0.15) is 0 Å². The Hall–Kier alpha value is -2.56. The Balaban J connectivity index is 1.90. The zero-order valence-corrected chi connectivity index (χ0v) is 11.8. The number of pyridine rings is 1. The van der Waals surface area contributed by atoms with Gasteiger partial charge in [-0.05, 0) is 24.6 Å². The monoisotopic (exact) mass is 287 g/mol. The Morgan fingerprint density at radius 2 is 1.86 bits per heavy atom. The van der Waals surface area contributed by atoms with Crippen LogP contribution in [0.25, 0.3) is 0 Å². The van der Waals surface area contributed by atoms with Gasteiger partial charge in [-0.3, -0.25) is 0 Å². The Kier molecular flexibility index (Phi) is 5.15. The van der Waals surface area contributed by atoms with Gasteiger partial charge in [0.2, 0.25) is 5.88 Å². The van der Waals surface area contributed by atoms with Crippen LogP contribution >= 0.6 is 0 Å². The summed E-state index contributed by atoms with van der Waals surface area (Å²) >= 11 is 0. The van der Waals surface area contributed by atoms with Crippen molar-refractivity contribution in [3.63, 3.8) is 0 Å². The van der Waals surface area contributed by atoms with Crippen LogP contribution in [0.2, 0.25) is 0 Å². The molecule has 21 heavy (non-hydrogen) atoms. The van der Waals surface area contributed by atoms with Crippen molar-refractivity contribution in [3.05, 3.63) is 53.7 Å². The standard InChI is InChI=1S/C16H17NO4/c1-2-13-10-12(16(18)19)11-15(17-13)21-9-8-20-14-6-4-3-5-7-14/h3-7,10-11H,2,8-9H2,1H3,(H,18,19). The highest BCUT2D eigenvalue weighted by Crippen LogP contribution is 2.14. The summed E-state index contributed by atoms with van der Waals surface area (Å²) in [4.78, 5) is 15.3. The van der Waals surface area contributed by atoms with Crippen molar-refractivity contribution in [2.24, 2.45) is 0 Å². The molecule has 110 valence electrons. The van der Waals surface area contributed by atoms with Gasteiger partial charge < -0.3 is 14.6 Å². The number of para-hydroxylation sites is 1. The van der Waals surface area contributed by atoms with Gasteiger partial charge in [0.15, 0.2) is 0 Å². The fourth-order valence-corrected chi connectivity index (χ4v) is 1.76. The van der Waals surface area contributed by atoms with Crippen molar-refractivity contribution in [2.75, 3.05) is 13.2 Å². The average molecular weight is 287 g/mol. The Morgan fingerprint density at radius 1 is 1.14 bits per heavy atom. The molecule has 1 aromatic carbocycles. The molecule has 1 N–H and O–H groups in total. The largest absolute Gasteiger partial charge is 0.490 e. The molecule has 0 atom stereocenters. The number of hydrogen-bond donors (Lipinski definition) is 1. The minimum absolute atomic E-state index is 0.181. The van der Waals surface area contributed by atoms with Gasteiger partial charge in [-0.1, -0.05) is 25.1 Å². The molecule has 0 spiro atoms. The van der Waals surface area contributed by atoms with Crippen molar-refractivity contribution in [1.82, 2.24) is 4.98 Å². The number of benzene rings is 1. The number of aromatic nitrogens is 1. The molecule has 1 heterocycles. The second kappa shape index (κ2) is 7.28. The van der Waals surface area contributed by atoms with Crippen LogP contribution in [-0.4, -0.2) is 29.3 Å². The van der Waals surface area contributed by atoms with Gasteiger partial charge in [0.25, 0.3) is 0 Å². The number of ether oxygens (including phenoxy) is 2. The van der Waals surface area contributed by atoms with Gasteiger partial charge in [0.05, 0.1) is 5.56 Å². The second-order valence-electron chi connectivity index (χ2n) is 4.35. The highest BCUT2D eigenvalue weighted by Gasteiger charge is 2.08. The topological polar surface area (TPSA) is 68.7 Å². The first-order chi connectivity index (χ1) is 10.2. The second-order valence-corrected chi connectivity index (χ2v) is 4.35. The van der Waals surface area contributed by atoms with E-state index in [1.165, 1.54) is 6.07 Å². The fraction of sp³-hybridized carbons (Fsp3) is 0.250. The molecule has 1 aromatic heterocycles. The Labute approximate surface area is 123 Å². The molecule has 0 fully saturated rings. The third-order valence-electron chi connectivity index (χ3n) is 2.81. The molecule has 0 aliphatic heterocycles. The van der Waals surface area contributed by atoms with E-state index in [9.17, 15) is 4.79 Å². The van der Waals surface area contributed by atoms with E-state index in [2.05, 4.69) is 4.98 Å². The van der Waals surface area contributed by atoms with Crippen molar-refractivity contribution in [1.29, 1.82) is 0 Å². The molecule has 0 radical (unpaired) electrons. The van der Waals surface area contributed by atoms with E-state index in [1.54, 1.807) is 6.07 Å². The zero-order valence-electron chi connectivity index (χ0n) is 11.8. The lowest BCUT2D eigenvalue weighted by molar-refractivity contribution is 0.0696. The molecule has 0 unspecified atom stereocenters. The van der Waals surface area contributed by atoms with E-state index in [-0.39, 0.29) is 5.56 Å². The number of hydrogen-bond acceptors (Lipinski definition) is 4. The highest BCUT2D eigenvalue weighted by molar-refractivity contribution is 5.88. The molecule has 0 saturated carbocycles. The minimum atomic E-state index is -0.988. The Bertz CT molecular complexity index is 598. The summed E-state index contributed by atoms with van der Waals surface area (Å²) in [5, 5.41) is 9.04. The molecule has 5 heteroatoms. The van der Waals surface area contributed by atoms with E-state index in [0.29, 0.717) is 31.2 Å². The lowest BCUT2D eigenvalue weighted by Crippen LogP contribution is -2.11. The van der Waals surface area contributed by atoms with Crippen LogP contribution in [0.3, 0.4) is 0 Å². The van der Waals surface area contributed by atoms with Gasteiger partial charge >= 0.3 is 5.97 Å². The normalized spacial score (nSPS) is 10.1. The van der Waals surface area contributed by atoms with Crippen LogP contribution < -0.4 is 9.47 Å². The highest BCUT2D eigenvalue weighted by atomic mass is 16.5. The van der Waals surface area contributed by atoms with E-state index in [0.717, 1.165) is 5.75 Å². The first-order valence-electron chi connectivity index (χ1n) is 6.74. The van der Waals surface area contributed by atoms with Crippen molar-refractivity contribution < 1.29 is 19.4 Å². The maximum Gasteiger partial charge on any atom is 0.335 e. The smallest absolute Gasteiger partial charge is 0.335 e. The number of nitrogens with zero attached hydrogens (tertiary/aromatic N) is 1. The summed E-state index contributed by atoms with van der Waals surface area (Å²) < 4.78 is 11.0. The fourth-order valence-electron chi connectivity index (χ4n) is 1.76. The summed E-state index contributed by atoms with van der Waals surface area (Å²) in [5.74, 6) is 0.0866. The van der Waals surface area contributed by atoms with Crippen molar-refractivity contribution >= 4 is 5.97 Å². The maximum absolute atomic E-state index is 11.0. The predicted molar refractivity (Wildman–Crippen MR) is 78.0 cm³/mol. The molecule has 0 aliphatic carbocycles. The van der Waals surface area contributed by atoms with Gasteiger partial charge in [0.1, 0.15) is 19.0 Å². The van der Waals surface area contributed by atoms with Crippen LogP contribution in [-0.2, 0) is 6.42 Å². The predicted octanol–water partition coefficient (Wildman–Crippen LogP) is 2.80. The summed E-state index contributed by atoms with van der Waals surface area (Å²) in [6.07, 6.45) is 0.651. The first-order valence-corrected chi connectivity index (χ1v) is 6.74. The molecule has 0 saturated heterocycles. The maximum atomic E-state index is 11.0. The lowest BCUT2D eigenvalue weighted by Gasteiger charge is -2.09. The van der Waals surface area contributed by atoms with Crippen molar-refractivity contribution in [2.45, 2.75) is 13.3 Å². The van der Waals surface area contributed by atoms with Gasteiger partial charge in [-0.25, -0.2) is 9.78 Å². The summed E-state index contributed by atoms with van der Waals surface area (Å²) in [7, 11) is 0. The quantitative estimate of drug-likeness (QED) is 0.793. The number of aromatic carboxylic acids is 1. The van der Waals surface area contributed by atoms with Crippen LogP contribution in [0, 0.1) is 0 Å². The van der Waals surface area contributed by atoms with E-state index in [1.807, 2.05) is 37.3 Å². The molecule has 2 aromatic rings. The zero-order chi connectivity index (χ0) is 15.1. The molecular formula is C16H17NO4. The lowest BCUT2D eigenvalue weighted by atomic mass is 10.2. The number of carboxylic acid groups (broad SMARTS) is 1. The molecule has 2 rings (SSSR count). The number of carbonyl (C=O) groups is 1. The molecule has 0 aliphatic rings. The first kappa shape index (κ1) is 14.8. The van der Waals surface area contributed by atoms with E-state index in [4.69, 9.17) is 14.6 Å². The van der Waals surface area contributed by atoms with Crippen LogP contribution in [0.15, 0.2) is 42.5 Å². The number of aryl methyl sites for hydroxylation is 1. The molecule has 0 bridgehead atoms.